The summed E-state index contributed by atoms with van der Waals surface area (Å²) in [6, 6.07) is 37.6. The fourth-order valence-corrected chi connectivity index (χ4v) is 5.06. The van der Waals surface area contributed by atoms with Crippen LogP contribution in [0.5, 0.6) is 0 Å². The molecule has 0 aliphatic rings. The zero-order valence-electron chi connectivity index (χ0n) is 19.9. The molecule has 6 nitrogen and oxygen atoms in total. The van der Waals surface area contributed by atoms with E-state index in [1.165, 1.54) is 15.3 Å². The molecule has 0 aliphatic heterocycles. The van der Waals surface area contributed by atoms with E-state index in [0.717, 1.165) is 28.6 Å². The van der Waals surface area contributed by atoms with Crippen LogP contribution in [0.1, 0.15) is 5.82 Å². The van der Waals surface area contributed by atoms with Gasteiger partial charge >= 0.3 is 0 Å². The third-order valence-corrected chi connectivity index (χ3v) is 7.25. The van der Waals surface area contributed by atoms with Crippen LogP contribution < -0.4 is 10.2 Å². The number of rotatable bonds is 9. The summed E-state index contributed by atoms with van der Waals surface area (Å²) in [7, 11) is 0. The van der Waals surface area contributed by atoms with Crippen LogP contribution in [0.3, 0.4) is 0 Å². The van der Waals surface area contributed by atoms with E-state index in [-0.39, 0.29) is 11.7 Å². The zero-order chi connectivity index (χ0) is 25.5. The molecule has 8 heteroatoms. The summed E-state index contributed by atoms with van der Waals surface area (Å²) >= 11 is 3.67. The third-order valence-electron chi connectivity index (χ3n) is 5.61. The second-order valence-electron chi connectivity index (χ2n) is 8.12. The molecule has 184 valence electrons. The van der Waals surface area contributed by atoms with Gasteiger partial charge in [0.05, 0.1) is 12.3 Å². The lowest BCUT2D eigenvalue weighted by Crippen LogP contribution is -2.27. The Labute approximate surface area is 233 Å². The molecule has 0 aliphatic carbocycles. The first kappa shape index (κ1) is 25.0. The molecule has 0 unspecified atom stereocenters. The van der Waals surface area contributed by atoms with Gasteiger partial charge in [-0.05, 0) is 83.3 Å². The van der Waals surface area contributed by atoms with Crippen molar-refractivity contribution in [3.05, 3.63) is 125 Å². The number of amides is 1. The minimum Gasteiger partial charge on any atom is -0.378 e. The van der Waals surface area contributed by atoms with Crippen LogP contribution in [0.15, 0.2) is 120 Å². The largest absolute Gasteiger partial charge is 0.378 e. The minimum absolute atomic E-state index is 0.0384. The van der Waals surface area contributed by atoms with E-state index >= 15 is 0 Å². The molecule has 0 bridgehead atoms. The van der Waals surface area contributed by atoms with Crippen molar-refractivity contribution in [2.45, 2.75) is 11.7 Å². The molecule has 4 aromatic carbocycles. The molecule has 0 atom stereocenters. The van der Waals surface area contributed by atoms with Gasteiger partial charge in [0.2, 0.25) is 5.91 Å². The lowest BCUT2D eigenvalue weighted by molar-refractivity contribution is -0.115. The molecule has 0 saturated heterocycles. The van der Waals surface area contributed by atoms with Gasteiger partial charge in [0, 0.05) is 26.3 Å². The monoisotopic (exact) mass is 617 g/mol. The van der Waals surface area contributed by atoms with E-state index < -0.39 is 0 Å². The van der Waals surface area contributed by atoms with Gasteiger partial charge in [-0.2, -0.15) is 0 Å². The number of nitrogens with zero attached hydrogens (tertiary/aromatic N) is 4. The second-order valence-corrected chi connectivity index (χ2v) is 10.3. The summed E-state index contributed by atoms with van der Waals surface area (Å²) in [5.74, 6) is 0.936. The Balaban J connectivity index is 1.39. The molecule has 1 heterocycles. The molecule has 0 radical (unpaired) electrons. The predicted octanol–water partition coefficient (Wildman–Crippen LogP) is 6.94. The molecular formula is C29H24IN5OS. The molecule has 5 aromatic rings. The Bertz CT molecular complexity index is 1410. The van der Waals surface area contributed by atoms with Crippen molar-refractivity contribution in [3.63, 3.8) is 0 Å². The van der Waals surface area contributed by atoms with E-state index in [1.54, 1.807) is 4.90 Å². The highest BCUT2D eigenvalue weighted by atomic mass is 127. The number of para-hydroxylation sites is 3. The lowest BCUT2D eigenvalue weighted by Gasteiger charge is -2.23. The molecule has 0 fully saturated rings. The summed E-state index contributed by atoms with van der Waals surface area (Å²) < 4.78 is 3.19. The van der Waals surface area contributed by atoms with Gasteiger partial charge in [0.1, 0.15) is 0 Å². The van der Waals surface area contributed by atoms with Crippen LogP contribution in [-0.4, -0.2) is 26.4 Å². The van der Waals surface area contributed by atoms with E-state index in [9.17, 15) is 4.79 Å². The molecule has 1 aromatic heterocycles. The molecular weight excluding hydrogens is 593 g/mol. The zero-order valence-corrected chi connectivity index (χ0v) is 22.8. The number of aromatic nitrogens is 3. The quantitative estimate of drug-likeness (QED) is 0.144. The van der Waals surface area contributed by atoms with Crippen molar-refractivity contribution in [1.82, 2.24) is 14.8 Å². The third kappa shape index (κ3) is 6.20. The molecule has 37 heavy (non-hydrogen) atoms. The van der Waals surface area contributed by atoms with Crippen LogP contribution in [0.4, 0.5) is 17.1 Å². The smallest absolute Gasteiger partial charge is 0.242 e. The van der Waals surface area contributed by atoms with Crippen molar-refractivity contribution >= 4 is 57.3 Å². The standard InChI is InChI=1S/C29H24IN5OS/c30-22-16-18-23(19-17-22)31-20-27-32-33-29(35(27)26-14-8-3-9-15-26)37-21-28(36)34(24-10-4-1-5-11-24)25-12-6-2-7-13-25/h1-19,31H,20-21H2. The van der Waals surface area contributed by atoms with Gasteiger partial charge in [-0.15, -0.1) is 10.2 Å². The Hall–Kier alpha value is -3.63. The number of carbonyl (C=O) groups is 1. The molecule has 0 spiro atoms. The Morgan fingerprint density at radius 3 is 1.95 bits per heavy atom. The van der Waals surface area contributed by atoms with Crippen molar-refractivity contribution < 1.29 is 4.79 Å². The summed E-state index contributed by atoms with van der Waals surface area (Å²) in [5.41, 5.74) is 3.61. The van der Waals surface area contributed by atoms with Gasteiger partial charge in [-0.25, -0.2) is 0 Å². The van der Waals surface area contributed by atoms with Crippen molar-refractivity contribution in [2.24, 2.45) is 0 Å². The maximum absolute atomic E-state index is 13.5. The van der Waals surface area contributed by atoms with Crippen molar-refractivity contribution in [3.8, 4) is 5.69 Å². The highest BCUT2D eigenvalue weighted by Crippen LogP contribution is 2.28. The maximum Gasteiger partial charge on any atom is 0.242 e. The van der Waals surface area contributed by atoms with Crippen LogP contribution in [-0.2, 0) is 11.3 Å². The highest BCUT2D eigenvalue weighted by Gasteiger charge is 2.21. The van der Waals surface area contributed by atoms with Crippen molar-refractivity contribution in [1.29, 1.82) is 0 Å². The number of anilines is 3. The Morgan fingerprint density at radius 1 is 0.784 bits per heavy atom. The second kappa shape index (κ2) is 12.1. The van der Waals surface area contributed by atoms with Crippen LogP contribution in [0.2, 0.25) is 0 Å². The number of halogens is 1. The fourth-order valence-electron chi connectivity index (χ4n) is 3.88. The van der Waals surface area contributed by atoms with E-state index in [1.807, 2.05) is 108 Å². The number of nitrogens with one attached hydrogen (secondary N) is 1. The van der Waals surface area contributed by atoms with Gasteiger partial charge in [-0.3, -0.25) is 14.3 Å². The normalized spacial score (nSPS) is 10.7. The molecule has 1 amide bonds. The number of benzene rings is 4. The summed E-state index contributed by atoms with van der Waals surface area (Å²) in [5, 5.41) is 13.0. The summed E-state index contributed by atoms with van der Waals surface area (Å²) in [6.45, 7) is 0.497. The van der Waals surface area contributed by atoms with Crippen molar-refractivity contribution in [2.75, 3.05) is 16.0 Å². The van der Waals surface area contributed by atoms with E-state index in [0.29, 0.717) is 11.7 Å². The first-order chi connectivity index (χ1) is 18.2. The van der Waals surface area contributed by atoms with Gasteiger partial charge in [0.25, 0.3) is 0 Å². The Kier molecular flexibility index (Phi) is 8.17. The topological polar surface area (TPSA) is 63.1 Å². The average molecular weight is 618 g/mol. The molecule has 1 N–H and O–H groups in total. The van der Waals surface area contributed by atoms with Gasteiger partial charge in [0.15, 0.2) is 11.0 Å². The number of hydrogen-bond acceptors (Lipinski definition) is 5. The summed E-state index contributed by atoms with van der Waals surface area (Å²) in [4.78, 5) is 15.3. The van der Waals surface area contributed by atoms with E-state index in [4.69, 9.17) is 0 Å². The number of carbonyl (C=O) groups excluding carboxylic acids is 1. The lowest BCUT2D eigenvalue weighted by atomic mass is 10.2. The van der Waals surface area contributed by atoms with Gasteiger partial charge < -0.3 is 5.32 Å². The Morgan fingerprint density at radius 2 is 1.35 bits per heavy atom. The molecule has 0 saturated carbocycles. The van der Waals surface area contributed by atoms with Crippen LogP contribution in [0.25, 0.3) is 5.69 Å². The van der Waals surface area contributed by atoms with E-state index in [2.05, 4.69) is 50.2 Å². The number of thioether (sulfide) groups is 1. The summed E-state index contributed by atoms with van der Waals surface area (Å²) in [6.07, 6.45) is 0. The van der Waals surface area contributed by atoms with Gasteiger partial charge in [-0.1, -0.05) is 66.4 Å². The highest BCUT2D eigenvalue weighted by molar-refractivity contribution is 14.1. The predicted molar refractivity (Wildman–Crippen MR) is 159 cm³/mol. The number of hydrogen-bond donors (Lipinski definition) is 1. The molecule has 5 rings (SSSR count). The maximum atomic E-state index is 13.5. The van der Waals surface area contributed by atoms with Crippen LogP contribution in [0, 0.1) is 3.57 Å². The fraction of sp³-hybridized carbons (Fsp3) is 0.0690. The minimum atomic E-state index is -0.0384. The first-order valence-corrected chi connectivity index (χ1v) is 13.8. The van der Waals surface area contributed by atoms with Crippen LogP contribution >= 0.6 is 34.4 Å². The first-order valence-electron chi connectivity index (χ1n) is 11.7. The SMILES string of the molecule is O=C(CSc1nnc(CNc2ccc(I)cc2)n1-c1ccccc1)N(c1ccccc1)c1ccccc1. The average Bonchev–Trinajstić information content (AvgIpc) is 3.36.